The topological polar surface area (TPSA) is 47.7 Å². The second-order valence-corrected chi connectivity index (χ2v) is 7.52. The summed E-state index contributed by atoms with van der Waals surface area (Å²) in [5, 5.41) is 0. The van der Waals surface area contributed by atoms with Crippen molar-refractivity contribution >= 4 is 0 Å². The highest BCUT2D eigenvalue weighted by Gasteiger charge is 2.47. The highest BCUT2D eigenvalue weighted by molar-refractivity contribution is 5.02. The van der Waals surface area contributed by atoms with Gasteiger partial charge in [0.15, 0.2) is 0 Å². The van der Waals surface area contributed by atoms with Gasteiger partial charge < -0.3 is 15.2 Å². The van der Waals surface area contributed by atoms with Crippen LogP contribution in [0.25, 0.3) is 0 Å². The summed E-state index contributed by atoms with van der Waals surface area (Å²) in [6.45, 7) is 9.58. The van der Waals surface area contributed by atoms with Gasteiger partial charge in [-0.1, -0.05) is 6.92 Å². The van der Waals surface area contributed by atoms with E-state index in [1.165, 1.54) is 25.9 Å². The predicted molar refractivity (Wildman–Crippen MR) is 84.3 cm³/mol. The third-order valence-corrected chi connectivity index (χ3v) is 6.37. The maximum absolute atomic E-state index is 6.83. The molecule has 3 fully saturated rings. The number of rotatable bonds is 4. The van der Waals surface area contributed by atoms with Gasteiger partial charge >= 0.3 is 0 Å². The monoisotopic (exact) mass is 296 g/mol. The molecule has 0 aromatic carbocycles. The first-order valence-corrected chi connectivity index (χ1v) is 8.82. The molecule has 122 valence electrons. The first-order chi connectivity index (χ1) is 10.1. The summed E-state index contributed by atoms with van der Waals surface area (Å²) in [5.74, 6) is 0.561. The molecule has 0 aromatic heterocycles. The van der Waals surface area contributed by atoms with Crippen molar-refractivity contribution in [1.29, 1.82) is 0 Å². The van der Waals surface area contributed by atoms with Crippen LogP contribution >= 0.6 is 0 Å². The van der Waals surface area contributed by atoms with Crippen molar-refractivity contribution in [2.75, 3.05) is 32.9 Å². The summed E-state index contributed by atoms with van der Waals surface area (Å²) in [7, 11) is 0. The largest absolute Gasteiger partial charge is 0.378 e. The van der Waals surface area contributed by atoms with Gasteiger partial charge in [0.25, 0.3) is 0 Å². The van der Waals surface area contributed by atoms with Crippen LogP contribution in [-0.4, -0.2) is 55.0 Å². The molecule has 4 nitrogen and oxygen atoms in total. The van der Waals surface area contributed by atoms with E-state index in [-0.39, 0.29) is 17.2 Å². The molecule has 0 aliphatic carbocycles. The van der Waals surface area contributed by atoms with E-state index in [2.05, 4.69) is 18.7 Å². The zero-order chi connectivity index (χ0) is 14.9. The van der Waals surface area contributed by atoms with E-state index >= 15 is 0 Å². The average Bonchev–Trinajstić information content (AvgIpc) is 3.18. The standard InChI is InChI=1S/C17H32N2O2/c1-3-16(2,19-8-4-5-9-19)15(18)14-6-10-21-17(12-14)7-11-20-13-17/h14-15H,3-13,18H2,1-2H3. The maximum Gasteiger partial charge on any atom is 0.0939 e. The Morgan fingerprint density at radius 2 is 2.10 bits per heavy atom. The van der Waals surface area contributed by atoms with E-state index in [9.17, 15) is 0 Å². The van der Waals surface area contributed by atoms with Gasteiger partial charge in [-0.25, -0.2) is 0 Å². The van der Waals surface area contributed by atoms with Gasteiger partial charge in [-0.05, 0) is 58.0 Å². The lowest BCUT2D eigenvalue weighted by Crippen LogP contribution is -2.61. The van der Waals surface area contributed by atoms with Gasteiger partial charge in [-0.2, -0.15) is 0 Å². The van der Waals surface area contributed by atoms with Crippen molar-refractivity contribution in [2.24, 2.45) is 11.7 Å². The number of nitrogens with zero attached hydrogens (tertiary/aromatic N) is 1. The highest BCUT2D eigenvalue weighted by Crippen LogP contribution is 2.40. The van der Waals surface area contributed by atoms with E-state index in [1.807, 2.05) is 0 Å². The van der Waals surface area contributed by atoms with Crippen molar-refractivity contribution in [2.45, 2.75) is 69.6 Å². The molecule has 4 unspecified atom stereocenters. The molecule has 0 saturated carbocycles. The number of hydrogen-bond acceptors (Lipinski definition) is 4. The summed E-state index contributed by atoms with van der Waals surface area (Å²) < 4.78 is 11.7. The van der Waals surface area contributed by atoms with Crippen LogP contribution in [0.5, 0.6) is 0 Å². The highest BCUT2D eigenvalue weighted by atomic mass is 16.6. The fraction of sp³-hybridized carbons (Fsp3) is 1.00. The molecule has 3 heterocycles. The van der Waals surface area contributed by atoms with Gasteiger partial charge in [0.05, 0.1) is 12.2 Å². The molecule has 21 heavy (non-hydrogen) atoms. The molecule has 3 rings (SSSR count). The first kappa shape index (κ1) is 15.7. The molecule has 0 amide bonds. The molecule has 3 aliphatic rings. The Hall–Kier alpha value is -0.160. The quantitative estimate of drug-likeness (QED) is 0.863. The molecule has 2 N–H and O–H groups in total. The fourth-order valence-corrected chi connectivity index (χ4v) is 4.64. The van der Waals surface area contributed by atoms with Gasteiger partial charge in [0, 0.05) is 31.2 Å². The maximum atomic E-state index is 6.83. The van der Waals surface area contributed by atoms with E-state index < -0.39 is 0 Å². The SMILES string of the molecule is CCC(C)(C(N)C1CCOC2(CCOC2)C1)N1CCCC1. The Morgan fingerprint density at radius 3 is 2.71 bits per heavy atom. The molecule has 0 aromatic rings. The number of ether oxygens (including phenoxy) is 2. The average molecular weight is 296 g/mol. The Labute approximate surface area is 129 Å². The van der Waals surface area contributed by atoms with Crippen LogP contribution in [-0.2, 0) is 9.47 Å². The van der Waals surface area contributed by atoms with Gasteiger partial charge in [-0.15, -0.1) is 0 Å². The Bertz CT molecular complexity index is 351. The molecular weight excluding hydrogens is 264 g/mol. The van der Waals surface area contributed by atoms with Gasteiger partial charge in [0.1, 0.15) is 0 Å². The van der Waals surface area contributed by atoms with Crippen molar-refractivity contribution in [1.82, 2.24) is 4.90 Å². The Balaban J connectivity index is 1.71. The summed E-state index contributed by atoms with van der Waals surface area (Å²) in [6.07, 6.45) is 7.02. The third kappa shape index (κ3) is 2.88. The van der Waals surface area contributed by atoms with Crippen LogP contribution in [0, 0.1) is 5.92 Å². The van der Waals surface area contributed by atoms with Gasteiger partial charge in [-0.3, -0.25) is 4.90 Å². The van der Waals surface area contributed by atoms with Crippen molar-refractivity contribution in [3.05, 3.63) is 0 Å². The van der Waals surface area contributed by atoms with E-state index in [0.29, 0.717) is 5.92 Å². The lowest BCUT2D eigenvalue weighted by molar-refractivity contribution is -0.109. The molecule has 0 bridgehead atoms. The summed E-state index contributed by atoms with van der Waals surface area (Å²) >= 11 is 0. The van der Waals surface area contributed by atoms with Crippen molar-refractivity contribution < 1.29 is 9.47 Å². The number of nitrogens with two attached hydrogens (primary N) is 1. The third-order valence-electron chi connectivity index (χ3n) is 6.37. The van der Waals surface area contributed by atoms with Crippen LogP contribution in [0.1, 0.15) is 52.4 Å². The molecule has 4 heteroatoms. The molecule has 4 atom stereocenters. The minimum Gasteiger partial charge on any atom is -0.378 e. The predicted octanol–water partition coefficient (Wildman–Crippen LogP) is 2.16. The van der Waals surface area contributed by atoms with Crippen LogP contribution in [0.15, 0.2) is 0 Å². The normalized spacial score (nSPS) is 38.7. The molecule has 1 spiro atoms. The number of hydrogen-bond donors (Lipinski definition) is 1. The lowest BCUT2D eigenvalue weighted by Gasteiger charge is -2.49. The first-order valence-electron chi connectivity index (χ1n) is 8.82. The Morgan fingerprint density at radius 1 is 1.33 bits per heavy atom. The van der Waals surface area contributed by atoms with Crippen LogP contribution in [0.3, 0.4) is 0 Å². The summed E-state index contributed by atoms with van der Waals surface area (Å²) in [6, 6.07) is 0.238. The molecular formula is C17H32N2O2. The lowest BCUT2D eigenvalue weighted by atomic mass is 9.73. The molecule has 0 radical (unpaired) electrons. The fourth-order valence-electron chi connectivity index (χ4n) is 4.64. The van der Waals surface area contributed by atoms with E-state index in [0.717, 1.165) is 45.5 Å². The summed E-state index contributed by atoms with van der Waals surface area (Å²) in [5.41, 5.74) is 6.94. The van der Waals surface area contributed by atoms with Gasteiger partial charge in [0.2, 0.25) is 0 Å². The second kappa shape index (κ2) is 6.15. The zero-order valence-electron chi connectivity index (χ0n) is 13.8. The zero-order valence-corrected chi connectivity index (χ0v) is 13.8. The minimum absolute atomic E-state index is 0.0276. The van der Waals surface area contributed by atoms with Crippen LogP contribution < -0.4 is 5.73 Å². The van der Waals surface area contributed by atoms with E-state index in [4.69, 9.17) is 15.2 Å². The second-order valence-electron chi connectivity index (χ2n) is 7.52. The van der Waals surface area contributed by atoms with Crippen molar-refractivity contribution in [3.63, 3.8) is 0 Å². The van der Waals surface area contributed by atoms with E-state index in [1.54, 1.807) is 0 Å². The van der Waals surface area contributed by atoms with Crippen molar-refractivity contribution in [3.8, 4) is 0 Å². The number of likely N-dealkylation sites (tertiary alicyclic amines) is 1. The summed E-state index contributed by atoms with van der Waals surface area (Å²) in [4.78, 5) is 2.64. The smallest absolute Gasteiger partial charge is 0.0939 e. The van der Waals surface area contributed by atoms with Crippen LogP contribution in [0.2, 0.25) is 0 Å². The molecule has 3 aliphatic heterocycles. The Kier molecular flexibility index (Phi) is 4.60. The van der Waals surface area contributed by atoms with Crippen LogP contribution in [0.4, 0.5) is 0 Å². The minimum atomic E-state index is -0.0276. The molecule has 3 saturated heterocycles.